The zero-order chi connectivity index (χ0) is 11.4. The summed E-state index contributed by atoms with van der Waals surface area (Å²) in [6.07, 6.45) is 0.703. The van der Waals surface area contributed by atoms with Crippen molar-refractivity contribution in [2.24, 2.45) is 0 Å². The van der Waals surface area contributed by atoms with Crippen molar-refractivity contribution in [3.05, 3.63) is 23.0 Å². The van der Waals surface area contributed by atoms with Crippen LogP contribution in [0.2, 0.25) is 0 Å². The van der Waals surface area contributed by atoms with Gasteiger partial charge in [-0.25, -0.2) is 0 Å². The quantitative estimate of drug-likeness (QED) is 0.720. The highest BCUT2D eigenvalue weighted by Gasteiger charge is 2.15. The molecule has 0 unspecified atom stereocenters. The highest BCUT2D eigenvalue weighted by molar-refractivity contribution is 6.29. The Morgan fingerprint density at radius 1 is 1.73 bits per heavy atom. The normalized spacial score (nSPS) is 10.0. The molecule has 0 radical (unpaired) electrons. The van der Waals surface area contributed by atoms with Gasteiger partial charge in [-0.15, -0.1) is 0 Å². The Hall–Kier alpha value is -1.49. The topological polar surface area (TPSA) is 83.8 Å². The molecular weight excluding hydrogens is 216 g/mol. The molecule has 1 heterocycles. The van der Waals surface area contributed by atoms with Crippen LogP contribution >= 0.6 is 11.6 Å². The molecule has 0 aliphatic heterocycles. The van der Waals surface area contributed by atoms with E-state index in [0.717, 1.165) is 5.69 Å². The second-order valence-electron chi connectivity index (χ2n) is 3.02. The first-order chi connectivity index (χ1) is 7.06. The molecule has 0 saturated carbocycles. The lowest BCUT2D eigenvalue weighted by molar-refractivity contribution is 0.0953. The largest absolute Gasteiger partial charge is 0.395 e. The molecule has 1 amide bonds. The van der Waals surface area contributed by atoms with Crippen molar-refractivity contribution in [3.63, 3.8) is 0 Å². The Kier molecular flexibility index (Phi) is 3.74. The number of aryl methyl sites for hydroxylation is 1. The SMILES string of the molecule is C=C(Cl)CNC(=O)c1n[nH]c(CC)c1N. The monoisotopic (exact) mass is 228 g/mol. The van der Waals surface area contributed by atoms with Crippen molar-refractivity contribution < 1.29 is 4.79 Å². The number of nitrogens with two attached hydrogens (primary N) is 1. The van der Waals surface area contributed by atoms with E-state index in [1.165, 1.54) is 0 Å². The number of amides is 1. The number of rotatable bonds is 4. The molecule has 0 aromatic carbocycles. The van der Waals surface area contributed by atoms with Crippen LogP contribution in [0.15, 0.2) is 11.6 Å². The summed E-state index contributed by atoms with van der Waals surface area (Å²) in [5.41, 5.74) is 7.05. The number of halogens is 1. The van der Waals surface area contributed by atoms with Gasteiger partial charge in [-0.05, 0) is 6.42 Å². The molecule has 0 bridgehead atoms. The van der Waals surface area contributed by atoms with Crippen LogP contribution < -0.4 is 11.1 Å². The van der Waals surface area contributed by atoms with Gasteiger partial charge in [-0.1, -0.05) is 25.1 Å². The third-order valence-corrected chi connectivity index (χ3v) is 2.03. The van der Waals surface area contributed by atoms with E-state index in [1.807, 2.05) is 6.92 Å². The fraction of sp³-hybridized carbons (Fsp3) is 0.333. The van der Waals surface area contributed by atoms with Gasteiger partial charge in [0.1, 0.15) is 0 Å². The standard InChI is InChI=1S/C9H13ClN4O/c1-3-6-7(11)8(14-13-6)9(15)12-4-5(2)10/h2-4,11H2,1H3,(H,12,15)(H,13,14). The molecule has 82 valence electrons. The van der Waals surface area contributed by atoms with Crippen molar-refractivity contribution in [2.75, 3.05) is 12.3 Å². The number of carbonyl (C=O) groups excluding carboxylic acids is 1. The number of nitrogens with zero attached hydrogens (tertiary/aromatic N) is 1. The van der Waals surface area contributed by atoms with E-state index in [1.54, 1.807) is 0 Å². The van der Waals surface area contributed by atoms with Gasteiger partial charge in [0.25, 0.3) is 5.91 Å². The molecular formula is C9H13ClN4O. The van der Waals surface area contributed by atoms with Gasteiger partial charge in [0.2, 0.25) is 0 Å². The summed E-state index contributed by atoms with van der Waals surface area (Å²) in [6.45, 7) is 5.58. The van der Waals surface area contributed by atoms with E-state index in [4.69, 9.17) is 17.3 Å². The number of anilines is 1. The van der Waals surface area contributed by atoms with Crippen molar-refractivity contribution in [2.45, 2.75) is 13.3 Å². The van der Waals surface area contributed by atoms with E-state index in [-0.39, 0.29) is 18.1 Å². The van der Waals surface area contributed by atoms with Crippen LogP contribution in [0.5, 0.6) is 0 Å². The van der Waals surface area contributed by atoms with Crippen molar-refractivity contribution in [1.29, 1.82) is 0 Å². The van der Waals surface area contributed by atoms with Crippen LogP contribution in [0, 0.1) is 0 Å². The molecule has 6 heteroatoms. The van der Waals surface area contributed by atoms with Crippen molar-refractivity contribution >= 4 is 23.2 Å². The van der Waals surface area contributed by atoms with Gasteiger partial charge < -0.3 is 11.1 Å². The Morgan fingerprint density at radius 2 is 2.40 bits per heavy atom. The molecule has 1 aromatic rings. The Bertz CT molecular complexity index is 385. The van der Waals surface area contributed by atoms with Crippen molar-refractivity contribution in [1.82, 2.24) is 15.5 Å². The highest BCUT2D eigenvalue weighted by atomic mass is 35.5. The average molecular weight is 229 g/mol. The maximum absolute atomic E-state index is 11.5. The minimum absolute atomic E-state index is 0.199. The van der Waals surface area contributed by atoms with E-state index < -0.39 is 0 Å². The van der Waals surface area contributed by atoms with Crippen LogP contribution in [-0.2, 0) is 6.42 Å². The fourth-order valence-electron chi connectivity index (χ4n) is 1.09. The summed E-state index contributed by atoms with van der Waals surface area (Å²) in [7, 11) is 0. The highest BCUT2D eigenvalue weighted by Crippen LogP contribution is 2.13. The lowest BCUT2D eigenvalue weighted by Crippen LogP contribution is -2.25. The summed E-state index contributed by atoms with van der Waals surface area (Å²) in [5, 5.41) is 9.43. The molecule has 1 aromatic heterocycles. The third kappa shape index (κ3) is 2.73. The maximum Gasteiger partial charge on any atom is 0.274 e. The lowest BCUT2D eigenvalue weighted by Gasteiger charge is -2.01. The molecule has 0 aliphatic rings. The van der Waals surface area contributed by atoms with Gasteiger partial charge in [-0.2, -0.15) is 5.10 Å². The van der Waals surface area contributed by atoms with Crippen LogP contribution in [0.1, 0.15) is 23.1 Å². The van der Waals surface area contributed by atoms with E-state index in [2.05, 4.69) is 22.1 Å². The van der Waals surface area contributed by atoms with Crippen LogP contribution in [0.25, 0.3) is 0 Å². The smallest absolute Gasteiger partial charge is 0.274 e. The van der Waals surface area contributed by atoms with Crippen molar-refractivity contribution in [3.8, 4) is 0 Å². The summed E-state index contributed by atoms with van der Waals surface area (Å²) >= 11 is 5.51. The summed E-state index contributed by atoms with van der Waals surface area (Å²) in [6, 6.07) is 0. The minimum Gasteiger partial charge on any atom is -0.395 e. The summed E-state index contributed by atoms with van der Waals surface area (Å²) in [4.78, 5) is 11.5. The zero-order valence-electron chi connectivity index (χ0n) is 8.43. The minimum atomic E-state index is -0.356. The van der Waals surface area contributed by atoms with Crippen LogP contribution in [-0.4, -0.2) is 22.6 Å². The second kappa shape index (κ2) is 4.84. The first-order valence-electron chi connectivity index (χ1n) is 4.50. The van der Waals surface area contributed by atoms with Gasteiger partial charge >= 0.3 is 0 Å². The second-order valence-corrected chi connectivity index (χ2v) is 3.55. The van der Waals surface area contributed by atoms with Gasteiger partial charge in [0.05, 0.1) is 17.9 Å². The average Bonchev–Trinajstić information content (AvgIpc) is 2.56. The van der Waals surface area contributed by atoms with Crippen LogP contribution in [0.4, 0.5) is 5.69 Å². The zero-order valence-corrected chi connectivity index (χ0v) is 9.19. The Morgan fingerprint density at radius 3 is 2.87 bits per heavy atom. The lowest BCUT2D eigenvalue weighted by atomic mass is 10.2. The molecule has 15 heavy (non-hydrogen) atoms. The number of carbonyl (C=O) groups is 1. The Labute approximate surface area is 92.7 Å². The van der Waals surface area contributed by atoms with E-state index >= 15 is 0 Å². The number of aromatic amines is 1. The number of hydrogen-bond acceptors (Lipinski definition) is 3. The molecule has 0 aliphatic carbocycles. The molecule has 5 nitrogen and oxygen atoms in total. The summed E-state index contributed by atoms with van der Waals surface area (Å²) in [5.74, 6) is -0.356. The summed E-state index contributed by atoms with van der Waals surface area (Å²) < 4.78 is 0. The molecule has 0 saturated heterocycles. The molecule has 0 fully saturated rings. The Balaban J connectivity index is 2.74. The molecule has 4 N–H and O–H groups in total. The first kappa shape index (κ1) is 11.6. The number of H-pyrrole nitrogens is 1. The van der Waals surface area contributed by atoms with Gasteiger partial charge in [0, 0.05) is 5.03 Å². The van der Waals surface area contributed by atoms with Gasteiger partial charge in [-0.3, -0.25) is 9.89 Å². The number of nitrogen functional groups attached to an aromatic ring is 1. The number of hydrogen-bond donors (Lipinski definition) is 3. The fourth-order valence-corrected chi connectivity index (χ4v) is 1.16. The maximum atomic E-state index is 11.5. The third-order valence-electron chi connectivity index (χ3n) is 1.89. The number of aromatic nitrogens is 2. The number of nitrogens with one attached hydrogen (secondary N) is 2. The first-order valence-corrected chi connectivity index (χ1v) is 4.88. The van der Waals surface area contributed by atoms with E-state index in [0.29, 0.717) is 17.1 Å². The molecule has 0 spiro atoms. The molecule has 1 rings (SSSR count). The van der Waals surface area contributed by atoms with Crippen LogP contribution in [0.3, 0.4) is 0 Å². The molecule has 0 atom stereocenters. The van der Waals surface area contributed by atoms with E-state index in [9.17, 15) is 4.79 Å². The predicted octanol–water partition coefficient (Wildman–Crippen LogP) is 1.04. The van der Waals surface area contributed by atoms with Gasteiger partial charge in [0.15, 0.2) is 5.69 Å². The predicted molar refractivity (Wildman–Crippen MR) is 59.7 cm³/mol.